The number of ether oxygens (including phenoxy) is 2. The van der Waals surface area contributed by atoms with Crippen LogP contribution in [0.2, 0.25) is 0 Å². The number of carbonyl (C=O) groups excluding carboxylic acids is 2. The van der Waals surface area contributed by atoms with Gasteiger partial charge in [-0.2, -0.15) is 0 Å². The average Bonchev–Trinajstić information content (AvgIpc) is 2.59. The molecule has 2 rings (SSSR count). The fourth-order valence-electron chi connectivity index (χ4n) is 1.92. The second-order valence-electron chi connectivity index (χ2n) is 5.65. The van der Waals surface area contributed by atoms with Gasteiger partial charge in [-0.3, -0.25) is 0 Å². The van der Waals surface area contributed by atoms with E-state index in [9.17, 15) is 9.59 Å². The van der Waals surface area contributed by atoms with Crippen molar-refractivity contribution in [2.45, 2.75) is 13.8 Å². The summed E-state index contributed by atoms with van der Waals surface area (Å²) >= 11 is 0. The van der Waals surface area contributed by atoms with Gasteiger partial charge >= 0.3 is 11.9 Å². The summed E-state index contributed by atoms with van der Waals surface area (Å²) in [6.07, 6.45) is 2.98. The van der Waals surface area contributed by atoms with Gasteiger partial charge in [-0.25, -0.2) is 9.59 Å². The van der Waals surface area contributed by atoms with Gasteiger partial charge in [-0.05, 0) is 29.7 Å². The summed E-state index contributed by atoms with van der Waals surface area (Å²) in [5.74, 6) is -0.631. The highest BCUT2D eigenvalue weighted by Gasteiger charge is 2.15. The highest BCUT2D eigenvalue weighted by atomic mass is 16.5. The Morgan fingerprint density at radius 1 is 1.00 bits per heavy atom. The zero-order chi connectivity index (χ0) is 17.4. The lowest BCUT2D eigenvalue weighted by molar-refractivity contribution is -0.128. The molecular formula is C20H20O4. The molecule has 0 fully saturated rings. The summed E-state index contributed by atoms with van der Waals surface area (Å²) in [5, 5.41) is 0. The van der Waals surface area contributed by atoms with Gasteiger partial charge in [0.25, 0.3) is 0 Å². The molecule has 4 nitrogen and oxygen atoms in total. The van der Waals surface area contributed by atoms with Crippen LogP contribution in [0.15, 0.2) is 60.7 Å². The third-order valence-electron chi connectivity index (χ3n) is 3.08. The minimum Gasteiger partial charge on any atom is -0.462 e. The average molecular weight is 324 g/mol. The van der Waals surface area contributed by atoms with E-state index >= 15 is 0 Å². The van der Waals surface area contributed by atoms with Crippen molar-refractivity contribution in [2.24, 2.45) is 5.92 Å². The minimum atomic E-state index is -0.553. The SMILES string of the molecule is CC(C)COC(=O)c1ccccc1OC(=O)/C=C/c1ccccc1. The van der Waals surface area contributed by atoms with Crippen LogP contribution in [0.25, 0.3) is 6.08 Å². The van der Waals surface area contributed by atoms with Crippen molar-refractivity contribution in [3.8, 4) is 5.75 Å². The van der Waals surface area contributed by atoms with Crippen LogP contribution in [0.5, 0.6) is 5.75 Å². The van der Waals surface area contributed by atoms with E-state index in [1.165, 1.54) is 6.08 Å². The van der Waals surface area contributed by atoms with E-state index in [-0.39, 0.29) is 17.2 Å². The smallest absolute Gasteiger partial charge is 0.341 e. The topological polar surface area (TPSA) is 52.6 Å². The van der Waals surface area contributed by atoms with E-state index in [4.69, 9.17) is 9.47 Å². The number of carbonyl (C=O) groups is 2. The Kier molecular flexibility index (Phi) is 6.32. The van der Waals surface area contributed by atoms with E-state index < -0.39 is 11.9 Å². The molecule has 0 saturated carbocycles. The fraction of sp³-hybridized carbons (Fsp3) is 0.200. The Labute approximate surface area is 141 Å². The Balaban J connectivity index is 2.05. The van der Waals surface area contributed by atoms with Gasteiger partial charge in [0.05, 0.1) is 6.61 Å². The molecule has 124 valence electrons. The molecule has 0 aliphatic heterocycles. The normalized spacial score (nSPS) is 10.8. The first-order chi connectivity index (χ1) is 11.6. The Hall–Kier alpha value is -2.88. The summed E-state index contributed by atoms with van der Waals surface area (Å²) in [7, 11) is 0. The predicted octanol–water partition coefficient (Wildman–Crippen LogP) is 4.12. The van der Waals surface area contributed by atoms with Crippen LogP contribution in [0.3, 0.4) is 0 Å². The van der Waals surface area contributed by atoms with Crippen LogP contribution in [0.4, 0.5) is 0 Å². The van der Waals surface area contributed by atoms with Gasteiger partial charge in [0.1, 0.15) is 11.3 Å². The fourth-order valence-corrected chi connectivity index (χ4v) is 1.92. The first-order valence-corrected chi connectivity index (χ1v) is 7.77. The molecule has 2 aromatic rings. The number of esters is 2. The molecule has 2 aromatic carbocycles. The van der Waals surface area contributed by atoms with Crippen molar-refractivity contribution in [3.63, 3.8) is 0 Å². The van der Waals surface area contributed by atoms with E-state index in [2.05, 4.69) is 0 Å². The number of para-hydroxylation sites is 1. The Morgan fingerprint density at radius 3 is 2.38 bits per heavy atom. The first-order valence-electron chi connectivity index (χ1n) is 7.77. The van der Waals surface area contributed by atoms with Crippen molar-refractivity contribution in [1.82, 2.24) is 0 Å². The van der Waals surface area contributed by atoms with Crippen LogP contribution in [-0.4, -0.2) is 18.5 Å². The molecule has 0 amide bonds. The lowest BCUT2D eigenvalue weighted by Gasteiger charge is -2.10. The molecule has 0 aliphatic rings. The van der Waals surface area contributed by atoms with Crippen LogP contribution in [0, 0.1) is 5.92 Å². The lowest BCUT2D eigenvalue weighted by atomic mass is 10.2. The van der Waals surface area contributed by atoms with E-state index in [0.29, 0.717) is 6.61 Å². The summed E-state index contributed by atoms with van der Waals surface area (Å²) in [6, 6.07) is 15.9. The van der Waals surface area contributed by atoms with Crippen molar-refractivity contribution >= 4 is 18.0 Å². The summed E-state index contributed by atoms with van der Waals surface area (Å²) in [6.45, 7) is 4.22. The second kappa shape index (κ2) is 8.67. The van der Waals surface area contributed by atoms with Crippen LogP contribution < -0.4 is 4.74 Å². The monoisotopic (exact) mass is 324 g/mol. The molecule has 0 heterocycles. The maximum Gasteiger partial charge on any atom is 0.341 e. The van der Waals surface area contributed by atoms with Gasteiger partial charge in [-0.15, -0.1) is 0 Å². The minimum absolute atomic E-state index is 0.189. The third-order valence-corrected chi connectivity index (χ3v) is 3.08. The van der Waals surface area contributed by atoms with Crippen LogP contribution in [0.1, 0.15) is 29.8 Å². The standard InChI is InChI=1S/C20H20O4/c1-15(2)14-23-20(22)17-10-6-7-11-18(17)24-19(21)13-12-16-8-4-3-5-9-16/h3-13,15H,14H2,1-2H3/b13-12+. The molecule has 24 heavy (non-hydrogen) atoms. The van der Waals surface area contributed by atoms with E-state index in [1.807, 2.05) is 44.2 Å². The quantitative estimate of drug-likeness (QED) is 0.456. The van der Waals surface area contributed by atoms with Crippen LogP contribution in [-0.2, 0) is 9.53 Å². The molecule has 0 spiro atoms. The van der Waals surface area contributed by atoms with Gasteiger partial charge < -0.3 is 9.47 Å². The summed E-state index contributed by atoms with van der Waals surface area (Å²) in [4.78, 5) is 24.1. The molecule has 4 heteroatoms. The molecular weight excluding hydrogens is 304 g/mol. The number of rotatable bonds is 6. The zero-order valence-electron chi connectivity index (χ0n) is 13.8. The van der Waals surface area contributed by atoms with Crippen molar-refractivity contribution in [1.29, 1.82) is 0 Å². The maximum absolute atomic E-state index is 12.1. The molecule has 0 atom stereocenters. The van der Waals surface area contributed by atoms with Gasteiger partial charge in [0, 0.05) is 6.08 Å². The maximum atomic E-state index is 12.1. The molecule has 0 saturated heterocycles. The Bertz CT molecular complexity index is 717. The number of hydrogen-bond donors (Lipinski definition) is 0. The zero-order valence-corrected chi connectivity index (χ0v) is 13.8. The third kappa shape index (κ3) is 5.39. The van der Waals surface area contributed by atoms with E-state index in [1.54, 1.807) is 30.3 Å². The highest BCUT2D eigenvalue weighted by Crippen LogP contribution is 2.19. The predicted molar refractivity (Wildman–Crippen MR) is 92.7 cm³/mol. The molecule has 0 N–H and O–H groups in total. The lowest BCUT2D eigenvalue weighted by Crippen LogP contribution is -2.13. The Morgan fingerprint density at radius 2 is 1.67 bits per heavy atom. The second-order valence-corrected chi connectivity index (χ2v) is 5.65. The van der Waals surface area contributed by atoms with Gasteiger partial charge in [0.2, 0.25) is 0 Å². The van der Waals surface area contributed by atoms with Crippen molar-refractivity contribution in [2.75, 3.05) is 6.61 Å². The molecule has 0 aromatic heterocycles. The van der Waals surface area contributed by atoms with Crippen molar-refractivity contribution < 1.29 is 19.1 Å². The largest absolute Gasteiger partial charge is 0.462 e. The number of hydrogen-bond acceptors (Lipinski definition) is 4. The summed E-state index contributed by atoms with van der Waals surface area (Å²) in [5.41, 5.74) is 1.12. The number of benzene rings is 2. The molecule has 0 unspecified atom stereocenters. The highest BCUT2D eigenvalue weighted by molar-refractivity contribution is 5.95. The van der Waals surface area contributed by atoms with Crippen LogP contribution >= 0.6 is 0 Å². The first kappa shape index (κ1) is 17.5. The van der Waals surface area contributed by atoms with Crippen molar-refractivity contribution in [3.05, 3.63) is 71.8 Å². The summed E-state index contributed by atoms with van der Waals surface area (Å²) < 4.78 is 10.5. The van der Waals surface area contributed by atoms with E-state index in [0.717, 1.165) is 5.56 Å². The molecule has 0 aliphatic carbocycles. The molecule has 0 radical (unpaired) electrons. The molecule has 0 bridgehead atoms. The van der Waals surface area contributed by atoms with Gasteiger partial charge in [-0.1, -0.05) is 56.3 Å². The van der Waals surface area contributed by atoms with Gasteiger partial charge in [0.15, 0.2) is 0 Å².